The van der Waals surface area contributed by atoms with Crippen molar-refractivity contribution in [3.05, 3.63) is 44.9 Å². The smallest absolute Gasteiger partial charge is 0.342 e. The molecule has 0 aromatic carbocycles. The molecule has 2 heterocycles. The Bertz CT molecular complexity index is 606. The maximum Gasteiger partial charge on any atom is 0.342 e. The van der Waals surface area contributed by atoms with Crippen molar-refractivity contribution >= 4 is 27.5 Å². The van der Waals surface area contributed by atoms with Crippen molar-refractivity contribution in [3.8, 4) is 0 Å². The van der Waals surface area contributed by atoms with Gasteiger partial charge in [-0.05, 0) is 12.1 Å². The van der Waals surface area contributed by atoms with E-state index in [1.807, 2.05) is 0 Å². The number of hydrogen-bond acceptors (Lipinski definition) is 3. The highest BCUT2D eigenvalue weighted by Crippen LogP contribution is 2.10. The number of pyridine rings is 1. The Hall–Kier alpha value is -1.69. The van der Waals surface area contributed by atoms with E-state index in [-0.39, 0.29) is 5.56 Å². The van der Waals surface area contributed by atoms with E-state index in [4.69, 9.17) is 5.11 Å². The first-order valence-electron chi connectivity index (χ1n) is 4.00. The van der Waals surface area contributed by atoms with Gasteiger partial charge in [0.05, 0.1) is 0 Å². The number of nitrogens with zero attached hydrogens (tertiary/aromatic N) is 2. The van der Waals surface area contributed by atoms with Gasteiger partial charge >= 0.3 is 5.97 Å². The van der Waals surface area contributed by atoms with Crippen molar-refractivity contribution in [1.82, 2.24) is 9.38 Å². The van der Waals surface area contributed by atoms with Gasteiger partial charge in [-0.3, -0.25) is 9.20 Å². The van der Waals surface area contributed by atoms with Crippen LogP contribution in [-0.2, 0) is 0 Å². The first kappa shape index (κ1) is 9.85. The molecule has 0 bridgehead atoms. The molecule has 1 N–H and O–H groups in total. The van der Waals surface area contributed by atoms with Crippen molar-refractivity contribution in [2.75, 3.05) is 0 Å². The summed E-state index contributed by atoms with van der Waals surface area (Å²) in [4.78, 5) is 26.2. The van der Waals surface area contributed by atoms with E-state index in [0.717, 1.165) is 10.7 Å². The fourth-order valence-corrected chi connectivity index (χ4v) is 1.52. The molecule has 6 heteroatoms. The molecule has 5 nitrogen and oxygen atoms in total. The lowest BCUT2D eigenvalue weighted by Crippen LogP contribution is -2.22. The molecule has 0 saturated carbocycles. The number of aromatic carboxylic acids is 1. The molecule has 0 atom stereocenters. The van der Waals surface area contributed by atoms with Crippen LogP contribution in [0.15, 0.2) is 33.8 Å². The third-order valence-electron chi connectivity index (χ3n) is 1.90. The van der Waals surface area contributed by atoms with Crippen LogP contribution in [0.3, 0.4) is 0 Å². The zero-order valence-corrected chi connectivity index (χ0v) is 8.93. The molecule has 0 amide bonds. The number of fused-ring (bicyclic) bond motifs is 1. The summed E-state index contributed by atoms with van der Waals surface area (Å²) in [5.74, 6) is -1.27. The highest BCUT2D eigenvalue weighted by atomic mass is 79.9. The molecule has 2 rings (SSSR count). The molecular formula is C9H5BrN2O3. The third-order valence-corrected chi connectivity index (χ3v) is 2.40. The Morgan fingerprint density at radius 1 is 1.53 bits per heavy atom. The maximum atomic E-state index is 11.6. The second kappa shape index (κ2) is 3.47. The van der Waals surface area contributed by atoms with Crippen LogP contribution in [0.5, 0.6) is 0 Å². The molecule has 0 radical (unpaired) electrons. The Morgan fingerprint density at radius 2 is 2.27 bits per heavy atom. The lowest BCUT2D eigenvalue weighted by Gasteiger charge is -2.00. The number of hydrogen-bond donors (Lipinski definition) is 1. The molecule has 0 fully saturated rings. The molecule has 0 aliphatic carbocycles. The molecule has 15 heavy (non-hydrogen) atoms. The van der Waals surface area contributed by atoms with Crippen molar-refractivity contribution in [2.45, 2.75) is 0 Å². The van der Waals surface area contributed by atoms with Crippen molar-refractivity contribution in [3.63, 3.8) is 0 Å². The molecule has 0 spiro atoms. The lowest BCUT2D eigenvalue weighted by atomic mass is 10.3. The van der Waals surface area contributed by atoms with Gasteiger partial charge < -0.3 is 5.11 Å². The minimum Gasteiger partial charge on any atom is -0.477 e. The standard InChI is InChI=1S/C9H5BrN2O3/c10-5-1-2-12-7(3-5)11-4-6(8(12)13)9(14)15/h1-4H,(H,14,15). The van der Waals surface area contributed by atoms with Crippen LogP contribution in [0, 0.1) is 0 Å². The number of aromatic nitrogens is 2. The van der Waals surface area contributed by atoms with E-state index in [2.05, 4.69) is 20.9 Å². The van der Waals surface area contributed by atoms with Crippen molar-refractivity contribution in [1.29, 1.82) is 0 Å². The molecule has 0 aliphatic heterocycles. The number of carboxylic acid groups (broad SMARTS) is 1. The summed E-state index contributed by atoms with van der Waals surface area (Å²) in [7, 11) is 0. The van der Waals surface area contributed by atoms with Gasteiger partial charge in [0.2, 0.25) is 0 Å². The predicted molar refractivity (Wildman–Crippen MR) is 56.1 cm³/mol. The zero-order chi connectivity index (χ0) is 11.0. The monoisotopic (exact) mass is 268 g/mol. The van der Waals surface area contributed by atoms with Gasteiger partial charge in [-0.1, -0.05) is 15.9 Å². The first-order valence-corrected chi connectivity index (χ1v) is 4.79. The molecule has 0 aliphatic rings. The Kier molecular flexibility index (Phi) is 2.28. The molecule has 0 saturated heterocycles. The Morgan fingerprint density at radius 3 is 2.93 bits per heavy atom. The Balaban J connectivity index is 2.86. The van der Waals surface area contributed by atoms with Crippen LogP contribution in [-0.4, -0.2) is 20.5 Å². The van der Waals surface area contributed by atoms with E-state index in [1.54, 1.807) is 12.1 Å². The summed E-state index contributed by atoms with van der Waals surface area (Å²) in [5, 5.41) is 8.72. The number of rotatable bonds is 1. The van der Waals surface area contributed by atoms with Crippen LogP contribution >= 0.6 is 15.9 Å². The van der Waals surface area contributed by atoms with E-state index in [1.165, 1.54) is 10.6 Å². The van der Waals surface area contributed by atoms with Gasteiger partial charge in [-0.25, -0.2) is 9.78 Å². The highest BCUT2D eigenvalue weighted by Gasteiger charge is 2.11. The fourth-order valence-electron chi connectivity index (χ4n) is 1.20. The van der Waals surface area contributed by atoms with E-state index in [9.17, 15) is 9.59 Å². The lowest BCUT2D eigenvalue weighted by molar-refractivity contribution is 0.0694. The third kappa shape index (κ3) is 1.63. The molecule has 2 aromatic heterocycles. The normalized spacial score (nSPS) is 10.5. The summed E-state index contributed by atoms with van der Waals surface area (Å²) in [6, 6.07) is 3.27. The molecule has 0 unspecified atom stereocenters. The summed E-state index contributed by atoms with van der Waals surface area (Å²) >= 11 is 3.23. The van der Waals surface area contributed by atoms with E-state index >= 15 is 0 Å². The van der Waals surface area contributed by atoms with Gasteiger partial charge in [0.15, 0.2) is 0 Å². The average Bonchev–Trinajstić information content (AvgIpc) is 2.17. The fraction of sp³-hybridized carbons (Fsp3) is 0. The van der Waals surface area contributed by atoms with Crippen LogP contribution in [0.1, 0.15) is 10.4 Å². The van der Waals surface area contributed by atoms with Crippen LogP contribution in [0.2, 0.25) is 0 Å². The summed E-state index contributed by atoms with van der Waals surface area (Å²) in [6.07, 6.45) is 2.54. The minimum atomic E-state index is -1.27. The summed E-state index contributed by atoms with van der Waals surface area (Å²) < 4.78 is 1.96. The zero-order valence-electron chi connectivity index (χ0n) is 7.35. The van der Waals surface area contributed by atoms with Crippen LogP contribution in [0.25, 0.3) is 5.65 Å². The van der Waals surface area contributed by atoms with Crippen molar-refractivity contribution < 1.29 is 9.90 Å². The van der Waals surface area contributed by atoms with Gasteiger partial charge in [0.1, 0.15) is 11.2 Å². The SMILES string of the molecule is O=C(O)c1cnc2cc(Br)ccn2c1=O. The molecular weight excluding hydrogens is 264 g/mol. The predicted octanol–water partition coefficient (Wildman–Crippen LogP) is 1.16. The summed E-state index contributed by atoms with van der Waals surface area (Å²) in [5.41, 5.74) is -0.519. The largest absolute Gasteiger partial charge is 0.477 e. The van der Waals surface area contributed by atoms with E-state index in [0.29, 0.717) is 5.65 Å². The van der Waals surface area contributed by atoms with Gasteiger partial charge in [0, 0.05) is 16.9 Å². The highest BCUT2D eigenvalue weighted by molar-refractivity contribution is 9.10. The summed E-state index contributed by atoms with van der Waals surface area (Å²) in [6.45, 7) is 0. The number of halogens is 1. The van der Waals surface area contributed by atoms with Gasteiger partial charge in [-0.2, -0.15) is 0 Å². The van der Waals surface area contributed by atoms with Crippen LogP contribution < -0.4 is 5.56 Å². The Labute approximate surface area is 92.1 Å². The van der Waals surface area contributed by atoms with E-state index < -0.39 is 11.5 Å². The average molecular weight is 269 g/mol. The van der Waals surface area contributed by atoms with Crippen molar-refractivity contribution in [2.24, 2.45) is 0 Å². The molecule has 2 aromatic rings. The topological polar surface area (TPSA) is 71.7 Å². The maximum absolute atomic E-state index is 11.6. The molecule has 76 valence electrons. The first-order chi connectivity index (χ1) is 7.09. The van der Waals surface area contributed by atoms with Crippen LogP contribution in [0.4, 0.5) is 0 Å². The number of carbonyl (C=O) groups is 1. The van der Waals surface area contributed by atoms with Gasteiger partial charge in [0.25, 0.3) is 5.56 Å². The number of carboxylic acids is 1. The second-order valence-corrected chi connectivity index (χ2v) is 3.77. The quantitative estimate of drug-likeness (QED) is 0.843. The second-order valence-electron chi connectivity index (χ2n) is 2.86. The van der Waals surface area contributed by atoms with Gasteiger partial charge in [-0.15, -0.1) is 0 Å². The minimum absolute atomic E-state index is 0.338.